The van der Waals surface area contributed by atoms with Gasteiger partial charge in [0.25, 0.3) is 0 Å². The number of carbonyl (C=O) groups is 2. The van der Waals surface area contributed by atoms with Crippen LogP contribution in [0.1, 0.15) is 26.3 Å². The van der Waals surface area contributed by atoms with Gasteiger partial charge in [-0.25, -0.2) is 0 Å². The van der Waals surface area contributed by atoms with Gasteiger partial charge in [-0.05, 0) is 53.6 Å². The van der Waals surface area contributed by atoms with Crippen LogP contribution in [0.3, 0.4) is 0 Å². The van der Waals surface area contributed by atoms with Gasteiger partial charge in [0.05, 0.1) is 5.70 Å². The highest BCUT2D eigenvalue weighted by atomic mass is 16.5. The van der Waals surface area contributed by atoms with Crippen LogP contribution in [-0.2, 0) is 0 Å². The Kier molecular flexibility index (Phi) is 5.70. The first-order valence-electron chi connectivity index (χ1n) is 10.4. The van der Waals surface area contributed by atoms with E-state index < -0.39 is 29.0 Å². The Morgan fingerprint density at radius 3 is 1.88 bits per heavy atom. The minimum atomic E-state index is -2.86. The fourth-order valence-corrected chi connectivity index (χ4v) is 4.02. The predicted molar refractivity (Wildman–Crippen MR) is 131 cm³/mol. The van der Waals surface area contributed by atoms with Gasteiger partial charge in [-0.2, -0.15) is 0 Å². The van der Waals surface area contributed by atoms with E-state index in [0.29, 0.717) is 22.6 Å². The fraction of sp³-hybridized carbons (Fsp3) is 0.0769. The van der Waals surface area contributed by atoms with Crippen molar-refractivity contribution in [2.24, 2.45) is 11.7 Å². The first-order valence-corrected chi connectivity index (χ1v) is 10.4. The standard InChI is InChI=1S/C26H24N4O4/c27-17-9-7-14(8-10-17)20-13-21(23(31)15-3-1-5-18(28)11-15)25(30)26(33,34)22(20)24(32)16-4-2-6-19(29)12-16/h1-13,22,33-34H,27-30H2. The highest BCUT2D eigenvalue weighted by Crippen LogP contribution is 2.42. The van der Waals surface area contributed by atoms with Crippen LogP contribution in [0.2, 0.25) is 0 Å². The molecule has 1 atom stereocenters. The van der Waals surface area contributed by atoms with E-state index in [9.17, 15) is 19.8 Å². The SMILES string of the molecule is NC1=C(C(=O)c2cccc(N)c2)C=C(c2ccc(N)cc2)C(C(=O)c2cccc(N)c2)C1(O)O. The van der Waals surface area contributed by atoms with E-state index in [1.165, 1.54) is 30.3 Å². The Morgan fingerprint density at radius 2 is 1.29 bits per heavy atom. The van der Waals surface area contributed by atoms with Crippen LogP contribution in [0.25, 0.3) is 5.57 Å². The van der Waals surface area contributed by atoms with Gasteiger partial charge in [-0.15, -0.1) is 0 Å². The average molecular weight is 457 g/mol. The molecule has 1 aliphatic carbocycles. The number of ketones is 2. The first-order chi connectivity index (χ1) is 16.1. The molecule has 0 saturated heterocycles. The molecule has 8 nitrogen and oxygen atoms in total. The molecule has 3 aromatic rings. The van der Waals surface area contributed by atoms with E-state index in [1.807, 2.05) is 0 Å². The highest BCUT2D eigenvalue weighted by molar-refractivity contribution is 6.15. The second kappa shape index (κ2) is 8.51. The molecule has 10 N–H and O–H groups in total. The summed E-state index contributed by atoms with van der Waals surface area (Å²) in [5.74, 6) is -5.59. The number of nitrogens with two attached hydrogens (primary N) is 4. The Bertz CT molecular complexity index is 1360. The highest BCUT2D eigenvalue weighted by Gasteiger charge is 2.49. The van der Waals surface area contributed by atoms with Crippen molar-refractivity contribution < 1.29 is 19.8 Å². The Balaban J connectivity index is 1.91. The number of Topliss-reactive ketones (excluding diaryl/α,β-unsaturated/α-hetero) is 2. The molecule has 0 saturated carbocycles. The third-order valence-corrected chi connectivity index (χ3v) is 5.77. The molecule has 0 aliphatic heterocycles. The number of carbonyl (C=O) groups excluding carboxylic acids is 2. The molecule has 0 spiro atoms. The molecular formula is C26H24N4O4. The van der Waals surface area contributed by atoms with E-state index in [2.05, 4.69) is 0 Å². The van der Waals surface area contributed by atoms with Gasteiger partial charge in [-0.1, -0.05) is 36.4 Å². The summed E-state index contributed by atoms with van der Waals surface area (Å²) in [7, 11) is 0. The van der Waals surface area contributed by atoms with Crippen molar-refractivity contribution in [2.75, 3.05) is 17.2 Å². The van der Waals surface area contributed by atoms with Crippen molar-refractivity contribution in [1.29, 1.82) is 0 Å². The number of rotatable bonds is 5. The first kappa shape index (κ1) is 22.8. The summed E-state index contributed by atoms with van der Waals surface area (Å²) in [5.41, 5.74) is 25.1. The van der Waals surface area contributed by atoms with Crippen LogP contribution in [0.5, 0.6) is 0 Å². The molecule has 0 aromatic heterocycles. The molecule has 3 aromatic carbocycles. The van der Waals surface area contributed by atoms with E-state index in [0.717, 1.165) is 0 Å². The Morgan fingerprint density at radius 1 is 0.735 bits per heavy atom. The second-order valence-corrected chi connectivity index (χ2v) is 8.15. The van der Waals surface area contributed by atoms with Crippen LogP contribution < -0.4 is 22.9 Å². The summed E-state index contributed by atoms with van der Waals surface area (Å²) in [6.07, 6.45) is 1.41. The summed E-state index contributed by atoms with van der Waals surface area (Å²) in [5, 5.41) is 22.4. The molecule has 0 amide bonds. The molecule has 0 bridgehead atoms. The molecule has 1 aliphatic rings. The molecule has 1 unspecified atom stereocenters. The molecule has 0 heterocycles. The molecule has 172 valence electrons. The zero-order valence-electron chi connectivity index (χ0n) is 18.1. The number of aliphatic hydroxyl groups is 2. The number of hydrogen-bond donors (Lipinski definition) is 6. The van der Waals surface area contributed by atoms with Gasteiger partial charge in [0, 0.05) is 33.8 Å². The Hall–Kier alpha value is -4.40. The van der Waals surface area contributed by atoms with Crippen molar-refractivity contribution in [1.82, 2.24) is 0 Å². The van der Waals surface area contributed by atoms with Crippen molar-refractivity contribution in [2.45, 2.75) is 5.79 Å². The van der Waals surface area contributed by atoms with Gasteiger partial charge >= 0.3 is 0 Å². The van der Waals surface area contributed by atoms with Gasteiger partial charge in [0.1, 0.15) is 5.92 Å². The van der Waals surface area contributed by atoms with Gasteiger partial charge in [0.15, 0.2) is 11.6 Å². The summed E-state index contributed by atoms with van der Waals surface area (Å²) >= 11 is 0. The monoisotopic (exact) mass is 456 g/mol. The lowest BCUT2D eigenvalue weighted by molar-refractivity contribution is -0.145. The zero-order valence-corrected chi connectivity index (χ0v) is 18.1. The maximum absolute atomic E-state index is 13.5. The third kappa shape index (κ3) is 4.03. The van der Waals surface area contributed by atoms with Crippen molar-refractivity contribution in [3.63, 3.8) is 0 Å². The summed E-state index contributed by atoms with van der Waals surface area (Å²) in [6, 6.07) is 18.8. The molecular weight excluding hydrogens is 432 g/mol. The van der Waals surface area contributed by atoms with Crippen molar-refractivity contribution in [3.8, 4) is 0 Å². The summed E-state index contributed by atoms with van der Waals surface area (Å²) < 4.78 is 0. The fourth-order valence-electron chi connectivity index (χ4n) is 4.02. The maximum atomic E-state index is 13.5. The van der Waals surface area contributed by atoms with Gasteiger partial charge in [0.2, 0.25) is 5.79 Å². The molecule has 0 radical (unpaired) electrons. The molecule has 0 fully saturated rings. The van der Waals surface area contributed by atoms with Crippen LogP contribution in [0.4, 0.5) is 17.1 Å². The summed E-state index contributed by atoms with van der Waals surface area (Å²) in [6.45, 7) is 0. The van der Waals surface area contributed by atoms with Crippen LogP contribution >= 0.6 is 0 Å². The molecule has 8 heteroatoms. The van der Waals surface area contributed by atoms with Crippen LogP contribution in [0, 0.1) is 5.92 Å². The van der Waals surface area contributed by atoms with Crippen molar-refractivity contribution >= 4 is 34.2 Å². The normalized spacial score (nSPS) is 17.2. The smallest absolute Gasteiger partial charge is 0.220 e. The van der Waals surface area contributed by atoms with Gasteiger partial charge in [-0.3, -0.25) is 9.59 Å². The summed E-state index contributed by atoms with van der Waals surface area (Å²) in [4.78, 5) is 26.8. The van der Waals surface area contributed by atoms with Gasteiger partial charge < -0.3 is 33.1 Å². The second-order valence-electron chi connectivity index (χ2n) is 8.15. The number of hydrogen-bond acceptors (Lipinski definition) is 8. The number of nitrogen functional groups attached to an aromatic ring is 3. The van der Waals surface area contributed by atoms with E-state index in [1.54, 1.807) is 48.5 Å². The predicted octanol–water partition coefficient (Wildman–Crippen LogP) is 2.11. The maximum Gasteiger partial charge on any atom is 0.220 e. The largest absolute Gasteiger partial charge is 0.399 e. The van der Waals surface area contributed by atoms with E-state index >= 15 is 0 Å². The van der Waals surface area contributed by atoms with E-state index in [4.69, 9.17) is 22.9 Å². The lowest BCUT2D eigenvalue weighted by atomic mass is 9.73. The zero-order chi connectivity index (χ0) is 24.6. The lowest BCUT2D eigenvalue weighted by Crippen LogP contribution is -2.50. The lowest BCUT2D eigenvalue weighted by Gasteiger charge is -2.37. The van der Waals surface area contributed by atoms with Crippen molar-refractivity contribution in [3.05, 3.63) is 107 Å². The van der Waals surface area contributed by atoms with Crippen LogP contribution in [0.15, 0.2) is 90.1 Å². The topological polar surface area (TPSA) is 179 Å². The van der Waals surface area contributed by atoms with Crippen LogP contribution in [-0.4, -0.2) is 27.6 Å². The minimum Gasteiger partial charge on any atom is -0.399 e. The number of benzene rings is 3. The molecule has 34 heavy (non-hydrogen) atoms. The third-order valence-electron chi connectivity index (χ3n) is 5.77. The van der Waals surface area contributed by atoms with E-state index in [-0.39, 0.29) is 22.3 Å². The average Bonchev–Trinajstić information content (AvgIpc) is 2.80. The quantitative estimate of drug-likeness (QED) is 0.192. The minimum absolute atomic E-state index is 0.154. The number of allylic oxidation sites excluding steroid dienone is 2. The molecule has 4 rings (SSSR count). The Labute approximate surface area is 195 Å². The number of anilines is 3.